The standard InChI is InChI=1S/C23H33N3O2/c1-18-7-2-4-10-20(18)24-13-15-25(16-14-24)22(27)17-23(28)26-12-6-9-19-8-3-5-11-21(19)26/h2,4,7,10,19,21H,3,5-6,8-9,11-17H2,1H3. The van der Waals surface area contributed by atoms with Gasteiger partial charge in [0.05, 0.1) is 0 Å². The van der Waals surface area contributed by atoms with E-state index in [1.807, 2.05) is 4.90 Å². The summed E-state index contributed by atoms with van der Waals surface area (Å²) in [6.07, 6.45) is 7.29. The molecule has 3 fully saturated rings. The van der Waals surface area contributed by atoms with Gasteiger partial charge in [-0.25, -0.2) is 0 Å². The summed E-state index contributed by atoms with van der Waals surface area (Å²) in [4.78, 5) is 32.0. The van der Waals surface area contributed by atoms with Crippen molar-refractivity contribution in [2.45, 2.75) is 57.9 Å². The molecule has 3 aliphatic rings. The fourth-order valence-electron chi connectivity index (χ4n) is 5.39. The average Bonchev–Trinajstić information content (AvgIpc) is 2.73. The number of piperazine rings is 1. The molecule has 2 aliphatic heterocycles. The number of carbonyl (C=O) groups excluding carboxylic acids is 2. The van der Waals surface area contributed by atoms with E-state index in [0.29, 0.717) is 25.0 Å². The Morgan fingerprint density at radius 3 is 2.39 bits per heavy atom. The minimum atomic E-state index is 0.00682. The Balaban J connectivity index is 1.31. The summed E-state index contributed by atoms with van der Waals surface area (Å²) in [5.74, 6) is 0.731. The summed E-state index contributed by atoms with van der Waals surface area (Å²) in [6, 6.07) is 8.79. The van der Waals surface area contributed by atoms with Crippen LogP contribution in [0.15, 0.2) is 24.3 Å². The fraction of sp³-hybridized carbons (Fsp3) is 0.652. The number of anilines is 1. The molecule has 2 heterocycles. The van der Waals surface area contributed by atoms with Crippen LogP contribution in [-0.2, 0) is 9.59 Å². The van der Waals surface area contributed by atoms with E-state index in [4.69, 9.17) is 0 Å². The van der Waals surface area contributed by atoms with Crippen LogP contribution in [0.4, 0.5) is 5.69 Å². The molecule has 0 spiro atoms. The lowest BCUT2D eigenvalue weighted by Gasteiger charge is -2.44. The Hall–Kier alpha value is -2.04. The van der Waals surface area contributed by atoms with Crippen molar-refractivity contribution in [3.63, 3.8) is 0 Å². The summed E-state index contributed by atoms with van der Waals surface area (Å²) in [6.45, 7) is 6.04. The van der Waals surface area contributed by atoms with Gasteiger partial charge in [0, 0.05) is 44.5 Å². The van der Waals surface area contributed by atoms with Crippen molar-refractivity contribution < 1.29 is 9.59 Å². The molecular formula is C23H33N3O2. The minimum absolute atomic E-state index is 0.00682. The van der Waals surface area contributed by atoms with E-state index in [1.54, 1.807) is 0 Å². The molecule has 152 valence electrons. The van der Waals surface area contributed by atoms with Crippen molar-refractivity contribution in [2.24, 2.45) is 5.92 Å². The van der Waals surface area contributed by atoms with Crippen molar-refractivity contribution in [1.29, 1.82) is 0 Å². The minimum Gasteiger partial charge on any atom is -0.368 e. The number of amides is 2. The zero-order chi connectivity index (χ0) is 19.5. The SMILES string of the molecule is Cc1ccccc1N1CCN(C(=O)CC(=O)N2CCCC3CCCCC32)CC1. The summed E-state index contributed by atoms with van der Waals surface area (Å²) >= 11 is 0. The molecule has 5 heteroatoms. The van der Waals surface area contributed by atoms with Gasteiger partial charge in [0.1, 0.15) is 6.42 Å². The van der Waals surface area contributed by atoms with Crippen LogP contribution in [0, 0.1) is 12.8 Å². The number of hydrogen-bond acceptors (Lipinski definition) is 3. The van der Waals surface area contributed by atoms with E-state index in [2.05, 4.69) is 41.0 Å². The summed E-state index contributed by atoms with van der Waals surface area (Å²) in [5.41, 5.74) is 2.52. The van der Waals surface area contributed by atoms with Crippen LogP contribution in [0.5, 0.6) is 0 Å². The molecule has 4 rings (SSSR count). The molecule has 2 atom stereocenters. The molecule has 5 nitrogen and oxygen atoms in total. The maximum Gasteiger partial charge on any atom is 0.232 e. The van der Waals surface area contributed by atoms with Crippen molar-refractivity contribution in [1.82, 2.24) is 9.80 Å². The third-order valence-electron chi connectivity index (χ3n) is 6.95. The van der Waals surface area contributed by atoms with E-state index < -0.39 is 0 Å². The number of piperidine rings is 1. The van der Waals surface area contributed by atoms with Crippen molar-refractivity contribution in [3.05, 3.63) is 29.8 Å². The second-order valence-corrected chi connectivity index (χ2v) is 8.67. The number of carbonyl (C=O) groups is 2. The Kier molecular flexibility index (Phi) is 5.88. The van der Waals surface area contributed by atoms with E-state index in [1.165, 1.54) is 36.9 Å². The highest BCUT2D eigenvalue weighted by Gasteiger charge is 2.36. The highest BCUT2D eigenvalue weighted by atomic mass is 16.2. The van der Waals surface area contributed by atoms with Gasteiger partial charge in [0.2, 0.25) is 11.8 Å². The van der Waals surface area contributed by atoms with Gasteiger partial charge < -0.3 is 14.7 Å². The van der Waals surface area contributed by atoms with Gasteiger partial charge in [-0.1, -0.05) is 31.0 Å². The lowest BCUT2D eigenvalue weighted by molar-refractivity contribution is -0.144. The Labute approximate surface area is 168 Å². The number of aryl methyl sites for hydroxylation is 1. The Morgan fingerprint density at radius 2 is 1.61 bits per heavy atom. The number of benzene rings is 1. The first-order chi connectivity index (χ1) is 13.6. The first-order valence-corrected chi connectivity index (χ1v) is 11.0. The zero-order valence-electron chi connectivity index (χ0n) is 17.1. The van der Waals surface area contributed by atoms with Gasteiger partial charge in [-0.3, -0.25) is 9.59 Å². The lowest BCUT2D eigenvalue weighted by atomic mass is 9.78. The third-order valence-corrected chi connectivity index (χ3v) is 6.95. The number of rotatable bonds is 3. The monoisotopic (exact) mass is 383 g/mol. The van der Waals surface area contributed by atoms with Gasteiger partial charge in [-0.2, -0.15) is 0 Å². The Morgan fingerprint density at radius 1 is 0.893 bits per heavy atom. The molecule has 2 amide bonds. The summed E-state index contributed by atoms with van der Waals surface area (Å²) < 4.78 is 0. The topological polar surface area (TPSA) is 43.9 Å². The van der Waals surface area contributed by atoms with E-state index >= 15 is 0 Å². The largest absolute Gasteiger partial charge is 0.368 e. The van der Waals surface area contributed by atoms with Crippen LogP contribution < -0.4 is 4.90 Å². The van der Waals surface area contributed by atoms with Crippen molar-refractivity contribution >= 4 is 17.5 Å². The van der Waals surface area contributed by atoms with Crippen LogP contribution in [0.3, 0.4) is 0 Å². The molecule has 28 heavy (non-hydrogen) atoms. The number of fused-ring (bicyclic) bond motifs is 1. The highest BCUT2D eigenvalue weighted by Crippen LogP contribution is 2.35. The molecule has 2 unspecified atom stereocenters. The summed E-state index contributed by atoms with van der Waals surface area (Å²) in [5, 5.41) is 0. The van der Waals surface area contributed by atoms with Crippen LogP contribution in [-0.4, -0.2) is 60.4 Å². The molecule has 0 radical (unpaired) electrons. The predicted octanol–water partition coefficient (Wildman–Crippen LogP) is 3.21. The molecule has 1 saturated carbocycles. The quantitative estimate of drug-likeness (QED) is 0.753. The van der Waals surface area contributed by atoms with Crippen LogP contribution in [0.1, 0.15) is 50.5 Å². The number of likely N-dealkylation sites (tertiary alicyclic amines) is 1. The van der Waals surface area contributed by atoms with Gasteiger partial charge in [0.25, 0.3) is 0 Å². The van der Waals surface area contributed by atoms with E-state index in [-0.39, 0.29) is 18.2 Å². The first-order valence-electron chi connectivity index (χ1n) is 11.0. The second-order valence-electron chi connectivity index (χ2n) is 8.67. The molecular weight excluding hydrogens is 350 g/mol. The number of hydrogen-bond donors (Lipinski definition) is 0. The first kappa shape index (κ1) is 19.3. The zero-order valence-corrected chi connectivity index (χ0v) is 17.1. The van der Waals surface area contributed by atoms with Gasteiger partial charge >= 0.3 is 0 Å². The molecule has 1 aromatic rings. The van der Waals surface area contributed by atoms with Gasteiger partial charge in [0.15, 0.2) is 0 Å². The van der Waals surface area contributed by atoms with Gasteiger partial charge in [-0.05, 0) is 50.2 Å². The molecule has 0 N–H and O–H groups in total. The fourth-order valence-corrected chi connectivity index (χ4v) is 5.39. The van der Waals surface area contributed by atoms with Crippen LogP contribution >= 0.6 is 0 Å². The van der Waals surface area contributed by atoms with E-state index in [0.717, 1.165) is 32.5 Å². The second kappa shape index (κ2) is 8.54. The maximum atomic E-state index is 12.9. The smallest absolute Gasteiger partial charge is 0.232 e. The summed E-state index contributed by atoms with van der Waals surface area (Å²) in [7, 11) is 0. The molecule has 0 bridgehead atoms. The highest BCUT2D eigenvalue weighted by molar-refractivity contribution is 5.97. The lowest BCUT2D eigenvalue weighted by Crippen LogP contribution is -2.52. The van der Waals surface area contributed by atoms with Crippen LogP contribution in [0.25, 0.3) is 0 Å². The number of para-hydroxylation sites is 1. The van der Waals surface area contributed by atoms with E-state index in [9.17, 15) is 9.59 Å². The molecule has 1 aromatic carbocycles. The average molecular weight is 384 g/mol. The Bertz CT molecular complexity index is 710. The van der Waals surface area contributed by atoms with Crippen molar-refractivity contribution in [3.8, 4) is 0 Å². The van der Waals surface area contributed by atoms with Crippen LogP contribution in [0.2, 0.25) is 0 Å². The molecule has 2 saturated heterocycles. The third kappa shape index (κ3) is 4.03. The molecule has 1 aliphatic carbocycles. The van der Waals surface area contributed by atoms with Gasteiger partial charge in [-0.15, -0.1) is 0 Å². The predicted molar refractivity (Wildman–Crippen MR) is 111 cm³/mol. The normalized spacial score (nSPS) is 25.4. The van der Waals surface area contributed by atoms with Crippen molar-refractivity contribution in [2.75, 3.05) is 37.6 Å². The number of nitrogens with zero attached hydrogens (tertiary/aromatic N) is 3. The molecule has 0 aromatic heterocycles. The maximum absolute atomic E-state index is 12.9.